The molecule has 15 heavy (non-hydrogen) atoms. The molecule has 0 aromatic carbocycles. The van der Waals surface area contributed by atoms with Crippen LogP contribution in [0.1, 0.15) is 32.6 Å². The van der Waals surface area contributed by atoms with Crippen molar-refractivity contribution < 1.29 is 0 Å². The SMILES string of the molecule is CCC(CSC)N(C)CCC1CCCN1. The molecule has 0 bridgehead atoms. The molecule has 1 aliphatic rings. The van der Waals surface area contributed by atoms with Crippen LogP contribution < -0.4 is 5.32 Å². The van der Waals surface area contributed by atoms with Crippen molar-refractivity contribution in [3.8, 4) is 0 Å². The predicted octanol–water partition coefficient (Wildman–Crippen LogP) is 2.20. The Bertz CT molecular complexity index is 158. The van der Waals surface area contributed by atoms with Crippen LogP contribution in [0, 0.1) is 0 Å². The molecule has 0 aromatic heterocycles. The molecule has 2 atom stereocenters. The van der Waals surface area contributed by atoms with E-state index in [1.165, 1.54) is 44.5 Å². The summed E-state index contributed by atoms with van der Waals surface area (Å²) in [5.74, 6) is 1.27. The zero-order valence-electron chi connectivity index (χ0n) is 10.5. The third kappa shape index (κ3) is 4.75. The molecule has 1 N–H and O–H groups in total. The van der Waals surface area contributed by atoms with Crippen molar-refractivity contribution in [2.45, 2.75) is 44.7 Å². The molecule has 1 heterocycles. The van der Waals surface area contributed by atoms with Crippen LogP contribution >= 0.6 is 11.8 Å². The Labute approximate surface area is 99.2 Å². The molecular weight excluding hydrogens is 204 g/mol. The summed E-state index contributed by atoms with van der Waals surface area (Å²) in [4.78, 5) is 2.54. The van der Waals surface area contributed by atoms with Crippen LogP contribution in [0.2, 0.25) is 0 Å². The van der Waals surface area contributed by atoms with Gasteiger partial charge < -0.3 is 10.2 Å². The second-order valence-corrected chi connectivity index (χ2v) is 5.49. The van der Waals surface area contributed by atoms with Gasteiger partial charge in [-0.2, -0.15) is 11.8 Å². The van der Waals surface area contributed by atoms with Gasteiger partial charge in [-0.1, -0.05) is 6.92 Å². The third-order valence-corrected chi connectivity index (χ3v) is 4.16. The van der Waals surface area contributed by atoms with Gasteiger partial charge in [0.25, 0.3) is 0 Å². The largest absolute Gasteiger partial charge is 0.314 e. The average molecular weight is 230 g/mol. The summed E-state index contributed by atoms with van der Waals surface area (Å²) < 4.78 is 0. The quantitative estimate of drug-likeness (QED) is 0.722. The zero-order valence-corrected chi connectivity index (χ0v) is 11.3. The molecule has 0 saturated carbocycles. The minimum atomic E-state index is 0.765. The molecule has 2 unspecified atom stereocenters. The zero-order chi connectivity index (χ0) is 11.1. The molecule has 1 aliphatic heterocycles. The smallest absolute Gasteiger partial charge is 0.0180 e. The maximum atomic E-state index is 3.57. The molecule has 2 nitrogen and oxygen atoms in total. The maximum Gasteiger partial charge on any atom is 0.0180 e. The molecule has 3 heteroatoms. The van der Waals surface area contributed by atoms with Gasteiger partial charge in [-0.25, -0.2) is 0 Å². The first-order valence-electron chi connectivity index (χ1n) is 6.20. The van der Waals surface area contributed by atoms with Gasteiger partial charge in [-0.15, -0.1) is 0 Å². The first-order chi connectivity index (χ1) is 7.27. The second-order valence-electron chi connectivity index (χ2n) is 4.58. The lowest BCUT2D eigenvalue weighted by Gasteiger charge is -2.27. The van der Waals surface area contributed by atoms with Crippen molar-refractivity contribution in [2.75, 3.05) is 32.1 Å². The third-order valence-electron chi connectivity index (χ3n) is 3.45. The van der Waals surface area contributed by atoms with Crippen molar-refractivity contribution in [3.63, 3.8) is 0 Å². The van der Waals surface area contributed by atoms with E-state index in [2.05, 4.69) is 30.4 Å². The Morgan fingerprint density at radius 1 is 1.53 bits per heavy atom. The Morgan fingerprint density at radius 3 is 2.87 bits per heavy atom. The van der Waals surface area contributed by atoms with Gasteiger partial charge in [0.1, 0.15) is 0 Å². The van der Waals surface area contributed by atoms with Gasteiger partial charge in [0.2, 0.25) is 0 Å². The van der Waals surface area contributed by atoms with Crippen LogP contribution in [-0.4, -0.2) is 49.1 Å². The van der Waals surface area contributed by atoms with Crippen LogP contribution in [-0.2, 0) is 0 Å². The van der Waals surface area contributed by atoms with Gasteiger partial charge in [0.15, 0.2) is 0 Å². The number of hydrogen-bond donors (Lipinski definition) is 1. The first-order valence-corrected chi connectivity index (χ1v) is 7.59. The summed E-state index contributed by atoms with van der Waals surface area (Å²) in [6.45, 7) is 4.78. The molecule has 0 radical (unpaired) electrons. The van der Waals surface area contributed by atoms with Crippen LogP contribution in [0.4, 0.5) is 0 Å². The predicted molar refractivity (Wildman–Crippen MR) is 70.7 cm³/mol. The standard InChI is InChI=1S/C12H26N2S/c1-4-12(10-15-3)14(2)9-7-11-6-5-8-13-11/h11-13H,4-10H2,1-3H3. The highest BCUT2D eigenvalue weighted by atomic mass is 32.2. The van der Waals surface area contributed by atoms with E-state index >= 15 is 0 Å². The van der Waals surface area contributed by atoms with Crippen molar-refractivity contribution in [2.24, 2.45) is 0 Å². The van der Waals surface area contributed by atoms with E-state index < -0.39 is 0 Å². The molecule has 1 fully saturated rings. The Kier molecular flexibility index (Phi) is 6.69. The Morgan fingerprint density at radius 2 is 2.33 bits per heavy atom. The monoisotopic (exact) mass is 230 g/mol. The molecule has 0 aliphatic carbocycles. The molecule has 1 rings (SSSR count). The number of hydrogen-bond acceptors (Lipinski definition) is 3. The van der Waals surface area contributed by atoms with E-state index in [1.807, 2.05) is 11.8 Å². The van der Waals surface area contributed by atoms with E-state index in [-0.39, 0.29) is 0 Å². The van der Waals surface area contributed by atoms with Crippen molar-refractivity contribution in [1.29, 1.82) is 0 Å². The molecule has 0 amide bonds. The summed E-state index contributed by atoms with van der Waals surface area (Å²) in [6, 6.07) is 1.56. The number of nitrogens with one attached hydrogen (secondary N) is 1. The van der Waals surface area contributed by atoms with E-state index in [9.17, 15) is 0 Å². The first kappa shape index (κ1) is 13.3. The normalized spacial score (nSPS) is 23.6. The Hall–Kier alpha value is 0.270. The number of nitrogens with zero attached hydrogens (tertiary/aromatic N) is 1. The lowest BCUT2D eigenvalue weighted by atomic mass is 10.1. The van der Waals surface area contributed by atoms with Crippen molar-refractivity contribution >= 4 is 11.8 Å². The van der Waals surface area contributed by atoms with E-state index in [4.69, 9.17) is 0 Å². The van der Waals surface area contributed by atoms with Crippen LogP contribution in [0.5, 0.6) is 0 Å². The summed E-state index contributed by atoms with van der Waals surface area (Å²) in [5.41, 5.74) is 0. The minimum Gasteiger partial charge on any atom is -0.314 e. The fraction of sp³-hybridized carbons (Fsp3) is 1.00. The van der Waals surface area contributed by atoms with Crippen LogP contribution in [0.15, 0.2) is 0 Å². The Balaban J connectivity index is 2.17. The van der Waals surface area contributed by atoms with Gasteiger partial charge in [-0.05, 0) is 52.1 Å². The fourth-order valence-electron chi connectivity index (χ4n) is 2.29. The van der Waals surface area contributed by atoms with Crippen molar-refractivity contribution in [1.82, 2.24) is 10.2 Å². The van der Waals surface area contributed by atoms with Crippen molar-refractivity contribution in [3.05, 3.63) is 0 Å². The summed E-state index contributed by atoms with van der Waals surface area (Å²) in [5, 5.41) is 3.57. The van der Waals surface area contributed by atoms with E-state index in [0.29, 0.717) is 0 Å². The molecule has 90 valence electrons. The molecule has 0 spiro atoms. The van der Waals surface area contributed by atoms with Gasteiger partial charge in [0, 0.05) is 17.8 Å². The second kappa shape index (κ2) is 7.53. The van der Waals surface area contributed by atoms with Gasteiger partial charge >= 0.3 is 0 Å². The maximum absolute atomic E-state index is 3.57. The van der Waals surface area contributed by atoms with Gasteiger partial charge in [0.05, 0.1) is 0 Å². The molecule has 0 aromatic rings. The van der Waals surface area contributed by atoms with E-state index in [0.717, 1.165) is 12.1 Å². The molecule has 1 saturated heterocycles. The topological polar surface area (TPSA) is 15.3 Å². The van der Waals surface area contributed by atoms with Crippen LogP contribution in [0.25, 0.3) is 0 Å². The highest BCUT2D eigenvalue weighted by Gasteiger charge is 2.17. The summed E-state index contributed by atoms with van der Waals surface area (Å²) in [6.07, 6.45) is 7.55. The number of rotatable bonds is 7. The fourth-order valence-corrected chi connectivity index (χ4v) is 3.17. The highest BCUT2D eigenvalue weighted by molar-refractivity contribution is 7.98. The van der Waals surface area contributed by atoms with Gasteiger partial charge in [-0.3, -0.25) is 0 Å². The lowest BCUT2D eigenvalue weighted by Crippen LogP contribution is -2.36. The lowest BCUT2D eigenvalue weighted by molar-refractivity contribution is 0.244. The summed E-state index contributed by atoms with van der Waals surface area (Å²) >= 11 is 1.96. The molecular formula is C12H26N2S. The highest BCUT2D eigenvalue weighted by Crippen LogP contribution is 2.12. The summed E-state index contributed by atoms with van der Waals surface area (Å²) in [7, 11) is 2.28. The van der Waals surface area contributed by atoms with E-state index in [1.54, 1.807) is 0 Å². The van der Waals surface area contributed by atoms with Crippen LogP contribution in [0.3, 0.4) is 0 Å². The average Bonchev–Trinajstić information content (AvgIpc) is 2.75. The number of thioether (sulfide) groups is 1. The minimum absolute atomic E-state index is 0.765.